The van der Waals surface area contributed by atoms with Gasteiger partial charge in [-0.15, -0.1) is 0 Å². The van der Waals surface area contributed by atoms with Gasteiger partial charge in [-0.25, -0.2) is 27.6 Å². The molecule has 3 aromatic carbocycles. The summed E-state index contributed by atoms with van der Waals surface area (Å²) >= 11 is 3.23. The van der Waals surface area contributed by atoms with Crippen molar-refractivity contribution >= 4 is 33.8 Å². The van der Waals surface area contributed by atoms with Crippen LogP contribution in [0.1, 0.15) is 55.6 Å². The lowest BCUT2D eigenvalue weighted by Crippen LogP contribution is -2.27. The summed E-state index contributed by atoms with van der Waals surface area (Å²) in [4.78, 5) is 69.0. The highest BCUT2D eigenvalue weighted by Gasteiger charge is 2.17. The molecule has 0 atom stereocenters. The maximum Gasteiger partial charge on any atom is 0.341 e. The third-order valence-corrected chi connectivity index (χ3v) is 8.42. The molecule has 0 aliphatic rings. The Bertz CT molecular complexity index is 2470. The molecule has 3 aromatic heterocycles. The molecule has 0 unspecified atom stereocenters. The Morgan fingerprint density at radius 1 is 0.509 bits per heavy atom. The summed E-state index contributed by atoms with van der Waals surface area (Å²) in [6.45, 7) is 1.24. The molecular weight excluding hydrogens is 819 g/mol. The maximum absolute atomic E-state index is 12.9. The van der Waals surface area contributed by atoms with E-state index in [2.05, 4.69) is 15.9 Å². The minimum absolute atomic E-state index is 0. The van der Waals surface area contributed by atoms with Gasteiger partial charge in [-0.3, -0.25) is 28.1 Å². The zero-order valence-electron chi connectivity index (χ0n) is 28.9. The van der Waals surface area contributed by atoms with Crippen LogP contribution in [-0.4, -0.2) is 52.0 Å². The van der Waals surface area contributed by atoms with E-state index in [0.717, 1.165) is 22.8 Å². The van der Waals surface area contributed by atoms with Gasteiger partial charge < -0.3 is 20.4 Å². The number of aliphatic hydroxyl groups is 1. The van der Waals surface area contributed by atoms with Crippen molar-refractivity contribution in [1.82, 2.24) is 13.7 Å². The number of alkyl halides is 1. The standard InChI is InChI=1S/C13H9BrFNO3.C13H10FNO4.C13H10FNO3.CH4/c14-7-10-5-6-11(13(18)19)12(17)16(10)9-3-1-8(15)2-4-9;14-8-1-3-9(4-2-8)15-10(7-16)5-6-11(12(15)17)13(18)19;1-8-2-7-11(13(17)18)12(16)15(8)10-5-3-9(14)4-6-10;/h1-6H,7H2,(H,18,19);1-6,16H,7H2,(H,18,19);2-7H,1H3,(H,17,18);1H4. The van der Waals surface area contributed by atoms with Crippen LogP contribution in [0.4, 0.5) is 13.2 Å². The van der Waals surface area contributed by atoms with Crippen LogP contribution in [-0.2, 0) is 11.9 Å². The van der Waals surface area contributed by atoms with Crippen LogP contribution in [0.25, 0.3) is 17.1 Å². The Morgan fingerprint density at radius 2 is 0.807 bits per heavy atom. The lowest BCUT2D eigenvalue weighted by atomic mass is 10.2. The zero-order chi connectivity index (χ0) is 41.3. The molecule has 17 heteroatoms. The number of carboxylic acid groups (broad SMARTS) is 3. The number of aromatic carboxylic acids is 3. The van der Waals surface area contributed by atoms with E-state index in [1.54, 1.807) is 13.0 Å². The number of rotatable bonds is 8. The summed E-state index contributed by atoms with van der Waals surface area (Å²) < 4.78 is 42.1. The molecular formula is C40H33BrF3N3O10. The zero-order valence-corrected chi connectivity index (χ0v) is 30.5. The lowest BCUT2D eigenvalue weighted by molar-refractivity contribution is 0.0683. The maximum atomic E-state index is 12.9. The highest BCUT2D eigenvalue weighted by molar-refractivity contribution is 9.08. The molecule has 3 heterocycles. The summed E-state index contributed by atoms with van der Waals surface area (Å²) in [6.07, 6.45) is 0. The van der Waals surface area contributed by atoms with Crippen LogP contribution in [0, 0.1) is 24.4 Å². The van der Waals surface area contributed by atoms with Crippen molar-refractivity contribution in [2.24, 2.45) is 0 Å². The number of hydrogen-bond acceptors (Lipinski definition) is 7. The van der Waals surface area contributed by atoms with Crippen LogP contribution < -0.4 is 16.7 Å². The first-order chi connectivity index (χ1) is 26.6. The quantitative estimate of drug-likeness (QED) is 0.125. The molecule has 0 fully saturated rings. The Morgan fingerprint density at radius 3 is 1.14 bits per heavy atom. The SMILES string of the molecule is C.Cc1ccc(C(=O)O)c(=O)n1-c1ccc(F)cc1.O=C(O)c1ccc(CBr)n(-c2ccc(F)cc2)c1=O.O=C(O)c1ccc(CO)n(-c2ccc(F)cc2)c1=O. The predicted molar refractivity (Wildman–Crippen MR) is 207 cm³/mol. The molecule has 57 heavy (non-hydrogen) atoms. The third-order valence-electron chi connectivity index (χ3n) is 7.85. The number of aromatic nitrogens is 3. The normalized spacial score (nSPS) is 10.2. The first kappa shape index (κ1) is 44.5. The summed E-state index contributed by atoms with van der Waals surface area (Å²) in [7, 11) is 0. The molecule has 6 aromatic rings. The van der Waals surface area contributed by atoms with Gasteiger partial charge in [0.1, 0.15) is 34.1 Å². The fraction of sp³-hybridized carbons (Fsp3) is 0.100. The van der Waals surface area contributed by atoms with Crippen LogP contribution in [0.2, 0.25) is 0 Å². The highest BCUT2D eigenvalue weighted by atomic mass is 79.9. The van der Waals surface area contributed by atoms with Gasteiger partial charge in [0.05, 0.1) is 12.3 Å². The molecule has 296 valence electrons. The molecule has 13 nitrogen and oxygen atoms in total. The van der Waals surface area contributed by atoms with E-state index in [0.29, 0.717) is 33.8 Å². The highest BCUT2D eigenvalue weighted by Crippen LogP contribution is 2.15. The minimum atomic E-state index is -1.36. The molecule has 0 saturated heterocycles. The number of carbonyl (C=O) groups is 3. The summed E-state index contributed by atoms with van der Waals surface area (Å²) in [5.41, 5.74) is -0.569. The van der Waals surface area contributed by atoms with E-state index in [1.807, 2.05) is 0 Å². The number of carboxylic acids is 3. The topological polar surface area (TPSA) is 198 Å². The van der Waals surface area contributed by atoms with Gasteiger partial charge in [0, 0.05) is 33.8 Å². The molecule has 0 saturated carbocycles. The van der Waals surface area contributed by atoms with E-state index < -0.39 is 64.2 Å². The van der Waals surface area contributed by atoms with Gasteiger partial charge >= 0.3 is 17.9 Å². The Kier molecular flexibility index (Phi) is 15.4. The van der Waals surface area contributed by atoms with Crippen molar-refractivity contribution in [3.8, 4) is 17.1 Å². The van der Waals surface area contributed by atoms with Gasteiger partial charge in [0.25, 0.3) is 16.7 Å². The molecule has 4 N–H and O–H groups in total. The van der Waals surface area contributed by atoms with Crippen molar-refractivity contribution < 1.29 is 48.0 Å². The predicted octanol–water partition coefficient (Wildman–Crippen LogP) is 6.36. The third kappa shape index (κ3) is 10.5. The van der Waals surface area contributed by atoms with Gasteiger partial charge in [-0.2, -0.15) is 0 Å². The van der Waals surface area contributed by atoms with Gasteiger partial charge in [-0.05, 0) is 116 Å². The number of aliphatic hydroxyl groups excluding tert-OH is 1. The largest absolute Gasteiger partial charge is 0.477 e. The van der Waals surface area contributed by atoms with Crippen molar-refractivity contribution in [1.29, 1.82) is 0 Å². The monoisotopic (exact) mass is 851 g/mol. The van der Waals surface area contributed by atoms with Crippen LogP contribution in [0.3, 0.4) is 0 Å². The van der Waals surface area contributed by atoms with E-state index in [9.17, 15) is 47.0 Å². The van der Waals surface area contributed by atoms with Gasteiger partial charge in [-0.1, -0.05) is 23.4 Å². The Hall–Kier alpha value is -6.85. The van der Waals surface area contributed by atoms with Crippen LogP contribution in [0.5, 0.6) is 0 Å². The van der Waals surface area contributed by atoms with E-state index in [4.69, 9.17) is 15.3 Å². The smallest absolute Gasteiger partial charge is 0.341 e. The van der Waals surface area contributed by atoms with E-state index in [1.165, 1.54) is 94.1 Å². The molecule has 0 aliphatic heterocycles. The second-order valence-electron chi connectivity index (χ2n) is 11.4. The Labute approximate surface area is 329 Å². The first-order valence-electron chi connectivity index (χ1n) is 16.0. The average molecular weight is 853 g/mol. The summed E-state index contributed by atoms with van der Waals surface area (Å²) in [5, 5.41) is 36.3. The number of aryl methyl sites for hydroxylation is 1. The van der Waals surface area contributed by atoms with E-state index in [-0.39, 0.29) is 24.2 Å². The summed E-state index contributed by atoms with van der Waals surface area (Å²) in [5.74, 6) is -5.25. The molecule has 0 radical (unpaired) electrons. The van der Waals surface area contributed by atoms with Crippen molar-refractivity contribution in [2.75, 3.05) is 0 Å². The molecule has 6 rings (SSSR count). The number of benzene rings is 3. The Balaban J connectivity index is 0.000000227. The fourth-order valence-corrected chi connectivity index (χ4v) is 5.59. The lowest BCUT2D eigenvalue weighted by Gasteiger charge is -2.12. The number of nitrogens with zero attached hydrogens (tertiary/aromatic N) is 3. The minimum Gasteiger partial charge on any atom is -0.477 e. The van der Waals surface area contributed by atoms with Gasteiger partial charge in [0.15, 0.2) is 0 Å². The first-order valence-corrected chi connectivity index (χ1v) is 17.1. The van der Waals surface area contributed by atoms with Crippen molar-refractivity contribution in [3.05, 3.63) is 191 Å². The molecule has 0 spiro atoms. The number of pyridine rings is 3. The van der Waals surface area contributed by atoms with Crippen LogP contribution in [0.15, 0.2) is 124 Å². The molecule has 0 aliphatic carbocycles. The second-order valence-corrected chi connectivity index (χ2v) is 12.0. The van der Waals surface area contributed by atoms with Crippen molar-refractivity contribution in [2.45, 2.75) is 26.3 Å². The number of halogens is 4. The second kappa shape index (κ2) is 19.7. The molecule has 0 amide bonds. The van der Waals surface area contributed by atoms with E-state index >= 15 is 0 Å². The van der Waals surface area contributed by atoms with Gasteiger partial charge in [0.2, 0.25) is 0 Å². The van der Waals surface area contributed by atoms with Crippen molar-refractivity contribution in [3.63, 3.8) is 0 Å². The van der Waals surface area contributed by atoms with Crippen LogP contribution >= 0.6 is 15.9 Å². The fourth-order valence-electron chi connectivity index (χ4n) is 5.16. The molecule has 0 bridgehead atoms. The number of hydrogen-bond donors (Lipinski definition) is 4. The summed E-state index contributed by atoms with van der Waals surface area (Å²) in [6, 6.07) is 23.6. The average Bonchev–Trinajstić information content (AvgIpc) is 3.16.